The maximum Gasteiger partial charge on any atom is 0.0316 e. The standard InChI is InChI=1S/C24H34N2/c25-23-15-11-14-22(20-23)24(21-12-5-3-6-13-21)16-7-1-2-8-17-26-18-9-4-10-19-26/h3,5-6,11-15,20,24H,1-2,4,7-10,16-19,25H2. The highest BCUT2D eigenvalue weighted by molar-refractivity contribution is 5.44. The van der Waals surface area contributed by atoms with E-state index in [2.05, 4.69) is 53.4 Å². The van der Waals surface area contributed by atoms with Gasteiger partial charge in [-0.05, 0) is 68.6 Å². The van der Waals surface area contributed by atoms with Crippen molar-refractivity contribution in [3.63, 3.8) is 0 Å². The van der Waals surface area contributed by atoms with E-state index < -0.39 is 0 Å². The van der Waals surface area contributed by atoms with Crippen LogP contribution in [0.1, 0.15) is 68.4 Å². The summed E-state index contributed by atoms with van der Waals surface area (Å²) in [7, 11) is 0. The van der Waals surface area contributed by atoms with Crippen LogP contribution in [0.15, 0.2) is 54.6 Å². The molecule has 2 aromatic carbocycles. The number of nitrogens with two attached hydrogens (primary N) is 1. The van der Waals surface area contributed by atoms with E-state index in [-0.39, 0.29) is 0 Å². The number of rotatable bonds is 9. The Morgan fingerprint density at radius 2 is 1.50 bits per heavy atom. The molecule has 3 rings (SSSR count). The lowest BCUT2D eigenvalue weighted by molar-refractivity contribution is 0.224. The average Bonchev–Trinajstić information content (AvgIpc) is 2.69. The third kappa shape index (κ3) is 5.88. The molecule has 26 heavy (non-hydrogen) atoms. The number of nitrogens with zero attached hydrogens (tertiary/aromatic N) is 1. The third-order valence-electron chi connectivity index (χ3n) is 5.68. The lowest BCUT2D eigenvalue weighted by Gasteiger charge is -2.26. The highest BCUT2D eigenvalue weighted by atomic mass is 15.1. The van der Waals surface area contributed by atoms with Gasteiger partial charge < -0.3 is 10.6 Å². The molecule has 1 unspecified atom stereocenters. The molecule has 0 saturated carbocycles. The van der Waals surface area contributed by atoms with Gasteiger partial charge in [0.2, 0.25) is 0 Å². The molecule has 0 aliphatic carbocycles. The van der Waals surface area contributed by atoms with Crippen molar-refractivity contribution < 1.29 is 0 Å². The van der Waals surface area contributed by atoms with Crippen LogP contribution in [0, 0.1) is 0 Å². The first-order valence-electron chi connectivity index (χ1n) is 10.5. The summed E-state index contributed by atoms with van der Waals surface area (Å²) in [6.45, 7) is 3.95. The number of anilines is 1. The van der Waals surface area contributed by atoms with Crippen LogP contribution in [0.25, 0.3) is 0 Å². The van der Waals surface area contributed by atoms with E-state index in [9.17, 15) is 0 Å². The van der Waals surface area contributed by atoms with Gasteiger partial charge in [0.15, 0.2) is 0 Å². The summed E-state index contributed by atoms with van der Waals surface area (Å²) in [6.07, 6.45) is 10.8. The average molecular weight is 351 g/mol. The molecule has 2 N–H and O–H groups in total. The normalized spacial score (nSPS) is 16.5. The van der Waals surface area contributed by atoms with Crippen LogP contribution in [0.5, 0.6) is 0 Å². The molecule has 2 aromatic rings. The Morgan fingerprint density at radius 1 is 0.769 bits per heavy atom. The highest BCUT2D eigenvalue weighted by Crippen LogP contribution is 2.31. The largest absolute Gasteiger partial charge is 0.399 e. The van der Waals surface area contributed by atoms with Crippen LogP contribution >= 0.6 is 0 Å². The number of hydrogen-bond acceptors (Lipinski definition) is 2. The predicted octanol–water partition coefficient (Wildman–Crippen LogP) is 5.84. The molecule has 2 nitrogen and oxygen atoms in total. The quantitative estimate of drug-likeness (QED) is 0.455. The first-order valence-corrected chi connectivity index (χ1v) is 10.5. The van der Waals surface area contributed by atoms with Crippen LogP contribution < -0.4 is 5.73 Å². The zero-order chi connectivity index (χ0) is 18.0. The first-order chi connectivity index (χ1) is 12.8. The van der Waals surface area contributed by atoms with Gasteiger partial charge >= 0.3 is 0 Å². The Kier molecular flexibility index (Phi) is 7.57. The maximum atomic E-state index is 6.04. The van der Waals surface area contributed by atoms with E-state index >= 15 is 0 Å². The van der Waals surface area contributed by atoms with Gasteiger partial charge in [0, 0.05) is 11.6 Å². The zero-order valence-electron chi connectivity index (χ0n) is 16.1. The molecule has 0 bridgehead atoms. The van der Waals surface area contributed by atoms with E-state index in [1.807, 2.05) is 6.07 Å². The number of piperidine rings is 1. The van der Waals surface area contributed by atoms with Crippen LogP contribution in [-0.4, -0.2) is 24.5 Å². The van der Waals surface area contributed by atoms with Crippen molar-refractivity contribution in [2.24, 2.45) is 0 Å². The van der Waals surface area contributed by atoms with Crippen molar-refractivity contribution in [1.82, 2.24) is 4.90 Å². The minimum absolute atomic E-state index is 0.460. The molecule has 0 amide bonds. The van der Waals surface area contributed by atoms with E-state index in [0.717, 1.165) is 5.69 Å². The number of nitrogen functional groups attached to an aromatic ring is 1. The Balaban J connectivity index is 1.47. The fourth-order valence-corrected chi connectivity index (χ4v) is 4.21. The first kappa shape index (κ1) is 19.0. The third-order valence-corrected chi connectivity index (χ3v) is 5.68. The molecule has 0 aromatic heterocycles. The molecule has 1 fully saturated rings. The summed E-state index contributed by atoms with van der Waals surface area (Å²) in [5.41, 5.74) is 9.66. The van der Waals surface area contributed by atoms with Gasteiger partial charge in [0.25, 0.3) is 0 Å². The van der Waals surface area contributed by atoms with Gasteiger partial charge in [-0.25, -0.2) is 0 Å². The van der Waals surface area contributed by atoms with Crippen molar-refractivity contribution in [3.05, 3.63) is 65.7 Å². The summed E-state index contributed by atoms with van der Waals surface area (Å²) in [5, 5.41) is 0. The summed E-state index contributed by atoms with van der Waals surface area (Å²) >= 11 is 0. The zero-order valence-corrected chi connectivity index (χ0v) is 16.1. The van der Waals surface area contributed by atoms with Gasteiger partial charge in [-0.1, -0.05) is 68.1 Å². The fraction of sp³-hybridized carbons (Fsp3) is 0.500. The number of benzene rings is 2. The smallest absolute Gasteiger partial charge is 0.0316 e. The Bertz CT molecular complexity index is 632. The van der Waals surface area contributed by atoms with Gasteiger partial charge in [-0.3, -0.25) is 0 Å². The second kappa shape index (κ2) is 10.4. The van der Waals surface area contributed by atoms with E-state index in [1.54, 1.807) is 0 Å². The molecule has 1 saturated heterocycles. The minimum atomic E-state index is 0.460. The second-order valence-electron chi connectivity index (χ2n) is 7.74. The summed E-state index contributed by atoms with van der Waals surface area (Å²) < 4.78 is 0. The lowest BCUT2D eigenvalue weighted by Crippen LogP contribution is -2.30. The molecule has 1 heterocycles. The van der Waals surface area contributed by atoms with E-state index in [1.165, 1.54) is 82.1 Å². The summed E-state index contributed by atoms with van der Waals surface area (Å²) in [4.78, 5) is 2.66. The fourth-order valence-electron chi connectivity index (χ4n) is 4.21. The van der Waals surface area contributed by atoms with Crippen molar-refractivity contribution in [2.45, 2.75) is 57.3 Å². The Labute approximate surface area is 159 Å². The molecule has 1 atom stereocenters. The minimum Gasteiger partial charge on any atom is -0.399 e. The SMILES string of the molecule is Nc1cccc(C(CCCCCCN2CCCCC2)c2ccccc2)c1. The predicted molar refractivity (Wildman–Crippen MR) is 113 cm³/mol. The molecular weight excluding hydrogens is 316 g/mol. The van der Waals surface area contributed by atoms with Crippen molar-refractivity contribution in [2.75, 3.05) is 25.4 Å². The molecule has 140 valence electrons. The van der Waals surface area contributed by atoms with Crippen molar-refractivity contribution in [3.8, 4) is 0 Å². The lowest BCUT2D eigenvalue weighted by atomic mass is 9.86. The maximum absolute atomic E-state index is 6.04. The highest BCUT2D eigenvalue weighted by Gasteiger charge is 2.14. The van der Waals surface area contributed by atoms with E-state index in [0.29, 0.717) is 5.92 Å². The van der Waals surface area contributed by atoms with Crippen LogP contribution in [0.3, 0.4) is 0 Å². The molecular formula is C24H34N2. The topological polar surface area (TPSA) is 29.3 Å². The van der Waals surface area contributed by atoms with Crippen LogP contribution in [0.4, 0.5) is 5.69 Å². The van der Waals surface area contributed by atoms with Crippen LogP contribution in [0.2, 0.25) is 0 Å². The van der Waals surface area contributed by atoms with Gasteiger partial charge in [-0.2, -0.15) is 0 Å². The Hall–Kier alpha value is -1.80. The monoisotopic (exact) mass is 350 g/mol. The van der Waals surface area contributed by atoms with E-state index in [4.69, 9.17) is 5.73 Å². The number of unbranched alkanes of at least 4 members (excludes halogenated alkanes) is 3. The van der Waals surface area contributed by atoms with Crippen molar-refractivity contribution in [1.29, 1.82) is 0 Å². The van der Waals surface area contributed by atoms with Gasteiger partial charge in [0.05, 0.1) is 0 Å². The molecule has 1 aliphatic rings. The van der Waals surface area contributed by atoms with Crippen LogP contribution in [-0.2, 0) is 0 Å². The summed E-state index contributed by atoms with van der Waals surface area (Å²) in [5.74, 6) is 0.460. The second-order valence-corrected chi connectivity index (χ2v) is 7.74. The number of hydrogen-bond donors (Lipinski definition) is 1. The number of likely N-dealkylation sites (tertiary alicyclic amines) is 1. The molecule has 2 heteroatoms. The van der Waals surface area contributed by atoms with Gasteiger partial charge in [-0.15, -0.1) is 0 Å². The molecule has 1 aliphatic heterocycles. The Morgan fingerprint density at radius 3 is 2.27 bits per heavy atom. The molecule has 0 spiro atoms. The molecule has 0 radical (unpaired) electrons. The summed E-state index contributed by atoms with van der Waals surface area (Å²) in [6, 6.07) is 19.3. The van der Waals surface area contributed by atoms with Gasteiger partial charge in [0.1, 0.15) is 0 Å². The van der Waals surface area contributed by atoms with Crippen molar-refractivity contribution >= 4 is 5.69 Å².